The molecule has 0 aliphatic rings. The van der Waals surface area contributed by atoms with E-state index in [2.05, 4.69) is 10.3 Å². The molecule has 0 amide bonds. The maximum atomic E-state index is 14.3. The van der Waals surface area contributed by atoms with Crippen LogP contribution in [0.4, 0.5) is 10.3 Å². The van der Waals surface area contributed by atoms with Gasteiger partial charge in [0.2, 0.25) is 26.6 Å². The zero-order valence-electron chi connectivity index (χ0n) is 16.3. The number of benzene rings is 3. The van der Waals surface area contributed by atoms with Gasteiger partial charge in [0.15, 0.2) is 0 Å². The van der Waals surface area contributed by atoms with Crippen LogP contribution in [0.5, 0.6) is 0 Å². The van der Waals surface area contributed by atoms with E-state index in [1.54, 1.807) is 6.07 Å². The molecule has 0 spiro atoms. The summed E-state index contributed by atoms with van der Waals surface area (Å²) in [5, 5.41) is 3.11. The van der Waals surface area contributed by atoms with Gasteiger partial charge in [-0.1, -0.05) is 54.1 Å². The Kier molecular flexibility index (Phi) is 6.06. The van der Waals surface area contributed by atoms with E-state index in [0.717, 1.165) is 5.56 Å². The topological polar surface area (TPSA) is 72.2 Å². The van der Waals surface area contributed by atoms with Gasteiger partial charge in [-0.05, 0) is 48.4 Å². The van der Waals surface area contributed by atoms with Crippen molar-refractivity contribution < 1.29 is 17.2 Å². The number of halogens is 2. The molecular weight excluding hydrogens is 439 g/mol. The normalized spacial score (nSPS) is 11.4. The maximum Gasteiger partial charge on any atom is 0.233 e. The fourth-order valence-electron chi connectivity index (χ4n) is 3.04. The number of rotatable bonds is 7. The average molecular weight is 457 g/mol. The Balaban J connectivity index is 1.71. The number of oxazole rings is 1. The van der Waals surface area contributed by atoms with Crippen molar-refractivity contribution in [3.8, 4) is 11.5 Å². The zero-order valence-corrected chi connectivity index (χ0v) is 17.8. The molecule has 1 heterocycles. The standard InChI is InChI=1S/C23H18ClFN2O3S/c24-17-10-12-18(13-11-17)31(28,29)23-22(26-15-14-16-6-2-1-3-7-16)30-21(27-23)19-8-4-5-9-20(19)25/h1-13,26H,14-15H2. The molecule has 0 atom stereocenters. The van der Waals surface area contributed by atoms with Crippen LogP contribution in [0.2, 0.25) is 5.02 Å². The van der Waals surface area contributed by atoms with Crippen molar-refractivity contribution in [2.45, 2.75) is 16.3 Å². The van der Waals surface area contributed by atoms with Crippen molar-refractivity contribution >= 4 is 27.3 Å². The predicted octanol–water partition coefficient (Wildman–Crippen LogP) is 5.62. The molecule has 31 heavy (non-hydrogen) atoms. The molecule has 1 aromatic heterocycles. The minimum Gasteiger partial charge on any atom is -0.419 e. The van der Waals surface area contributed by atoms with Gasteiger partial charge < -0.3 is 9.73 Å². The molecule has 3 aromatic carbocycles. The van der Waals surface area contributed by atoms with E-state index in [1.165, 1.54) is 42.5 Å². The monoisotopic (exact) mass is 456 g/mol. The minimum atomic E-state index is -4.03. The first kappa shape index (κ1) is 21.1. The van der Waals surface area contributed by atoms with Gasteiger partial charge in [-0.15, -0.1) is 0 Å². The van der Waals surface area contributed by atoms with E-state index < -0.39 is 15.7 Å². The van der Waals surface area contributed by atoms with Crippen LogP contribution >= 0.6 is 11.6 Å². The molecule has 8 heteroatoms. The highest BCUT2D eigenvalue weighted by Crippen LogP contribution is 2.33. The van der Waals surface area contributed by atoms with Crippen molar-refractivity contribution in [3.63, 3.8) is 0 Å². The van der Waals surface area contributed by atoms with Crippen molar-refractivity contribution in [2.75, 3.05) is 11.9 Å². The van der Waals surface area contributed by atoms with E-state index in [9.17, 15) is 12.8 Å². The van der Waals surface area contributed by atoms with Crippen molar-refractivity contribution in [1.29, 1.82) is 0 Å². The summed E-state index contributed by atoms with van der Waals surface area (Å²) in [5.41, 5.74) is 1.15. The van der Waals surface area contributed by atoms with Crippen LogP contribution < -0.4 is 5.32 Å². The lowest BCUT2D eigenvalue weighted by molar-refractivity contribution is 0.567. The minimum absolute atomic E-state index is 0.0105. The quantitative estimate of drug-likeness (QED) is 0.390. The number of nitrogens with zero attached hydrogens (tertiary/aromatic N) is 1. The van der Waals surface area contributed by atoms with Crippen LogP contribution in [-0.4, -0.2) is 19.9 Å². The predicted molar refractivity (Wildman–Crippen MR) is 117 cm³/mol. The highest BCUT2D eigenvalue weighted by molar-refractivity contribution is 7.91. The number of aromatic nitrogens is 1. The van der Waals surface area contributed by atoms with E-state index in [-0.39, 0.29) is 27.3 Å². The molecule has 4 rings (SSSR count). The molecule has 0 bridgehead atoms. The number of anilines is 1. The summed E-state index contributed by atoms with van der Waals surface area (Å²) in [6, 6.07) is 21.4. The highest BCUT2D eigenvalue weighted by atomic mass is 35.5. The first-order valence-corrected chi connectivity index (χ1v) is 11.4. The van der Waals surface area contributed by atoms with Gasteiger partial charge in [-0.3, -0.25) is 0 Å². The Morgan fingerprint density at radius 1 is 0.935 bits per heavy atom. The van der Waals surface area contributed by atoms with E-state index in [0.29, 0.717) is 18.0 Å². The lowest BCUT2D eigenvalue weighted by Crippen LogP contribution is -2.09. The molecule has 0 radical (unpaired) electrons. The molecule has 0 saturated heterocycles. The molecule has 0 aliphatic heterocycles. The van der Waals surface area contributed by atoms with Crippen LogP contribution in [0.15, 0.2) is 93.2 Å². The Morgan fingerprint density at radius 2 is 1.61 bits per heavy atom. The van der Waals surface area contributed by atoms with Crippen LogP contribution in [0, 0.1) is 5.82 Å². The molecule has 0 saturated carbocycles. The summed E-state index contributed by atoms with van der Waals surface area (Å²) in [6.07, 6.45) is 0.636. The number of nitrogens with one attached hydrogen (secondary N) is 1. The first-order chi connectivity index (χ1) is 14.9. The average Bonchev–Trinajstić information content (AvgIpc) is 3.20. The third-order valence-corrected chi connectivity index (χ3v) is 6.55. The molecule has 158 valence electrons. The SMILES string of the molecule is O=S(=O)(c1ccc(Cl)cc1)c1nc(-c2ccccc2F)oc1NCCc1ccccc1. The molecule has 0 fully saturated rings. The van der Waals surface area contributed by atoms with Gasteiger partial charge in [-0.2, -0.15) is 4.98 Å². The van der Waals surface area contributed by atoms with E-state index in [4.69, 9.17) is 16.0 Å². The second-order valence-electron chi connectivity index (χ2n) is 6.75. The lowest BCUT2D eigenvalue weighted by Gasteiger charge is -2.06. The molecule has 0 unspecified atom stereocenters. The molecule has 1 N–H and O–H groups in total. The fraction of sp³-hybridized carbons (Fsp3) is 0.0870. The highest BCUT2D eigenvalue weighted by Gasteiger charge is 2.29. The Bertz CT molecular complexity index is 1290. The van der Waals surface area contributed by atoms with Gasteiger partial charge in [-0.25, -0.2) is 12.8 Å². The van der Waals surface area contributed by atoms with Gasteiger partial charge >= 0.3 is 0 Å². The number of hydrogen-bond acceptors (Lipinski definition) is 5. The largest absolute Gasteiger partial charge is 0.419 e. The maximum absolute atomic E-state index is 14.3. The Morgan fingerprint density at radius 3 is 2.32 bits per heavy atom. The van der Waals surface area contributed by atoms with Crippen molar-refractivity contribution in [2.24, 2.45) is 0 Å². The van der Waals surface area contributed by atoms with Crippen LogP contribution in [0.1, 0.15) is 5.56 Å². The molecular formula is C23H18ClFN2O3S. The van der Waals surface area contributed by atoms with Crippen LogP contribution in [-0.2, 0) is 16.3 Å². The van der Waals surface area contributed by atoms with Crippen molar-refractivity contribution in [3.05, 3.63) is 95.3 Å². The van der Waals surface area contributed by atoms with Gasteiger partial charge in [0.25, 0.3) is 0 Å². The van der Waals surface area contributed by atoms with Gasteiger partial charge in [0.1, 0.15) is 5.82 Å². The number of sulfone groups is 1. The van der Waals surface area contributed by atoms with Gasteiger partial charge in [0, 0.05) is 11.6 Å². The Labute approximate surface area is 184 Å². The summed E-state index contributed by atoms with van der Waals surface area (Å²) in [5.74, 6) is -0.716. The second-order valence-corrected chi connectivity index (χ2v) is 9.05. The number of hydrogen-bond donors (Lipinski definition) is 1. The van der Waals surface area contributed by atoms with Crippen LogP contribution in [0.25, 0.3) is 11.5 Å². The summed E-state index contributed by atoms with van der Waals surface area (Å²) < 4.78 is 46.4. The summed E-state index contributed by atoms with van der Waals surface area (Å²) in [6.45, 7) is 0.402. The van der Waals surface area contributed by atoms with E-state index in [1.807, 2.05) is 30.3 Å². The fourth-order valence-corrected chi connectivity index (χ4v) is 4.44. The van der Waals surface area contributed by atoms with Crippen molar-refractivity contribution in [1.82, 2.24) is 4.98 Å². The summed E-state index contributed by atoms with van der Waals surface area (Å²) in [7, 11) is -4.03. The summed E-state index contributed by atoms with van der Waals surface area (Å²) in [4.78, 5) is 4.16. The second kappa shape index (κ2) is 8.91. The smallest absolute Gasteiger partial charge is 0.233 e. The molecule has 5 nitrogen and oxygen atoms in total. The summed E-state index contributed by atoms with van der Waals surface area (Å²) >= 11 is 5.88. The molecule has 4 aromatic rings. The third-order valence-electron chi connectivity index (χ3n) is 4.62. The lowest BCUT2D eigenvalue weighted by atomic mass is 10.1. The molecule has 0 aliphatic carbocycles. The van der Waals surface area contributed by atoms with Crippen LogP contribution in [0.3, 0.4) is 0 Å². The Hall–Kier alpha value is -3.16. The zero-order chi connectivity index (χ0) is 21.8. The third kappa shape index (κ3) is 4.62. The first-order valence-electron chi connectivity index (χ1n) is 9.49. The van der Waals surface area contributed by atoms with Gasteiger partial charge in [0.05, 0.1) is 10.5 Å². The van der Waals surface area contributed by atoms with E-state index >= 15 is 0 Å².